The van der Waals surface area contributed by atoms with Crippen LogP contribution in [0.2, 0.25) is 0 Å². The summed E-state index contributed by atoms with van der Waals surface area (Å²) in [5, 5.41) is 3.26. The Labute approximate surface area is 200 Å². The van der Waals surface area contributed by atoms with Gasteiger partial charge in [-0.15, -0.1) is 0 Å². The summed E-state index contributed by atoms with van der Waals surface area (Å²) in [6, 6.07) is 20.2. The molecule has 4 rings (SSSR count). The van der Waals surface area contributed by atoms with Gasteiger partial charge in [0.1, 0.15) is 11.4 Å². The molecule has 0 radical (unpaired) electrons. The van der Waals surface area contributed by atoms with Crippen LogP contribution in [0, 0.1) is 0 Å². The van der Waals surface area contributed by atoms with Crippen LogP contribution in [-0.2, 0) is 29.9 Å². The Kier molecular flexibility index (Phi) is 6.93. The summed E-state index contributed by atoms with van der Waals surface area (Å²) in [6.45, 7) is 2.66. The summed E-state index contributed by atoms with van der Waals surface area (Å²) in [6.07, 6.45) is 4.36. The van der Waals surface area contributed by atoms with Crippen LogP contribution < -0.4 is 9.46 Å². The third-order valence-corrected chi connectivity index (χ3v) is 6.58. The van der Waals surface area contributed by atoms with Crippen molar-refractivity contribution >= 4 is 37.6 Å². The highest BCUT2D eigenvalue weighted by Crippen LogP contribution is 2.30. The van der Waals surface area contributed by atoms with E-state index in [2.05, 4.69) is 35.9 Å². The molecular formula is C27H30N2O4S. The highest BCUT2D eigenvalue weighted by Gasteiger charge is 2.22. The van der Waals surface area contributed by atoms with Gasteiger partial charge in [-0.1, -0.05) is 61.9 Å². The van der Waals surface area contributed by atoms with Crippen LogP contribution in [0.4, 0.5) is 0 Å². The quantitative estimate of drug-likeness (QED) is 0.344. The fourth-order valence-electron chi connectivity index (χ4n) is 4.61. The molecule has 4 aromatic rings. The van der Waals surface area contributed by atoms with Crippen LogP contribution in [0.25, 0.3) is 21.7 Å². The first-order valence-corrected chi connectivity index (χ1v) is 13.4. The predicted octanol–water partition coefficient (Wildman–Crippen LogP) is 4.99. The molecule has 0 atom stereocenters. The zero-order valence-electron chi connectivity index (χ0n) is 19.8. The van der Waals surface area contributed by atoms with E-state index in [1.54, 1.807) is 11.6 Å². The average Bonchev–Trinajstić information content (AvgIpc) is 3.09. The summed E-state index contributed by atoms with van der Waals surface area (Å²) in [4.78, 5) is 12.8. The third-order valence-electron chi connectivity index (χ3n) is 6.03. The number of hydrogen-bond donors (Lipinski definition) is 1. The van der Waals surface area contributed by atoms with E-state index in [9.17, 15) is 13.2 Å². The number of nitrogens with one attached hydrogen (secondary N) is 1. The van der Waals surface area contributed by atoms with Crippen LogP contribution in [0.15, 0.2) is 60.7 Å². The molecule has 0 saturated carbocycles. The zero-order chi connectivity index (χ0) is 24.3. The number of para-hydroxylation sites is 1. The molecule has 6 nitrogen and oxygen atoms in total. The first-order chi connectivity index (χ1) is 16.3. The maximum absolute atomic E-state index is 12.8. The highest BCUT2D eigenvalue weighted by atomic mass is 32.2. The molecule has 0 bridgehead atoms. The average molecular weight is 479 g/mol. The molecule has 7 heteroatoms. The summed E-state index contributed by atoms with van der Waals surface area (Å²) < 4.78 is 33.4. The van der Waals surface area contributed by atoms with Gasteiger partial charge in [0, 0.05) is 23.3 Å². The molecule has 178 valence electrons. The molecule has 34 heavy (non-hydrogen) atoms. The Morgan fingerprint density at radius 3 is 2.32 bits per heavy atom. The minimum atomic E-state index is -3.67. The lowest BCUT2D eigenvalue weighted by Crippen LogP contribution is -2.31. The van der Waals surface area contributed by atoms with E-state index < -0.39 is 15.9 Å². The highest BCUT2D eigenvalue weighted by molar-refractivity contribution is 7.89. The standard InChI is InChI=1S/C27H30N2O4S/c1-4-10-19-16-17-25(22-13-6-5-11-20(19)22)33-18-9-14-23-21-12-7-8-15-24(21)29(2)26(23)27(30)28-34(3,31)32/h5-8,11-13,15-17H,4,9-10,14,18H2,1-3H3,(H,28,30). The first kappa shape index (κ1) is 23.8. The topological polar surface area (TPSA) is 77.4 Å². The van der Waals surface area contributed by atoms with Crippen molar-refractivity contribution in [1.29, 1.82) is 0 Å². The van der Waals surface area contributed by atoms with E-state index >= 15 is 0 Å². The summed E-state index contributed by atoms with van der Waals surface area (Å²) >= 11 is 0. The molecule has 3 aromatic carbocycles. The fourth-order valence-corrected chi connectivity index (χ4v) is 5.04. The number of sulfonamides is 1. The van der Waals surface area contributed by atoms with Crippen molar-refractivity contribution in [3.8, 4) is 5.75 Å². The molecular weight excluding hydrogens is 448 g/mol. The van der Waals surface area contributed by atoms with Gasteiger partial charge >= 0.3 is 0 Å². The van der Waals surface area contributed by atoms with Crippen molar-refractivity contribution < 1.29 is 17.9 Å². The molecule has 1 aromatic heterocycles. The summed E-state index contributed by atoms with van der Waals surface area (Å²) in [5.41, 5.74) is 3.39. The Hall–Kier alpha value is -3.32. The SMILES string of the molecule is CCCc1ccc(OCCCc2c(C(=O)NS(C)(=O)=O)n(C)c3ccccc23)c2ccccc12. The molecule has 1 N–H and O–H groups in total. The second kappa shape index (κ2) is 9.89. The summed E-state index contributed by atoms with van der Waals surface area (Å²) in [7, 11) is -1.89. The summed E-state index contributed by atoms with van der Waals surface area (Å²) in [5.74, 6) is 0.234. The third kappa shape index (κ3) is 4.94. The van der Waals surface area contributed by atoms with Gasteiger partial charge in [0.15, 0.2) is 0 Å². The van der Waals surface area contributed by atoms with Gasteiger partial charge < -0.3 is 9.30 Å². The molecule has 0 saturated heterocycles. The number of benzene rings is 3. The number of rotatable bonds is 9. The normalized spacial score (nSPS) is 11.7. The number of hydrogen-bond acceptors (Lipinski definition) is 4. The molecule has 1 heterocycles. The Morgan fingerprint density at radius 2 is 1.62 bits per heavy atom. The maximum atomic E-state index is 12.8. The van der Waals surface area contributed by atoms with E-state index in [0.29, 0.717) is 25.1 Å². The lowest BCUT2D eigenvalue weighted by Gasteiger charge is -2.13. The lowest BCUT2D eigenvalue weighted by molar-refractivity contribution is 0.0973. The predicted molar refractivity (Wildman–Crippen MR) is 137 cm³/mol. The largest absolute Gasteiger partial charge is 0.493 e. The van der Waals surface area contributed by atoms with Gasteiger partial charge in [-0.25, -0.2) is 13.1 Å². The van der Waals surface area contributed by atoms with E-state index in [1.165, 1.54) is 10.9 Å². The van der Waals surface area contributed by atoms with E-state index in [4.69, 9.17) is 4.74 Å². The number of aryl methyl sites for hydroxylation is 3. The van der Waals surface area contributed by atoms with Gasteiger partial charge in [-0.2, -0.15) is 0 Å². The number of ether oxygens (including phenoxy) is 1. The first-order valence-electron chi connectivity index (χ1n) is 11.5. The Balaban J connectivity index is 1.55. The molecule has 0 fully saturated rings. The Bertz CT molecular complexity index is 1450. The second-order valence-electron chi connectivity index (χ2n) is 8.58. The number of aromatic nitrogens is 1. The van der Waals surface area contributed by atoms with Crippen molar-refractivity contribution in [2.45, 2.75) is 32.6 Å². The van der Waals surface area contributed by atoms with E-state index in [-0.39, 0.29) is 0 Å². The number of nitrogens with zero attached hydrogens (tertiary/aromatic N) is 1. The van der Waals surface area contributed by atoms with Crippen molar-refractivity contribution in [2.24, 2.45) is 7.05 Å². The van der Waals surface area contributed by atoms with Gasteiger partial charge in [0.2, 0.25) is 10.0 Å². The van der Waals surface area contributed by atoms with Crippen LogP contribution in [0.1, 0.15) is 41.4 Å². The van der Waals surface area contributed by atoms with Crippen LogP contribution in [-0.4, -0.2) is 31.8 Å². The number of carbonyl (C=O) groups excluding carboxylic acids is 1. The van der Waals surface area contributed by atoms with E-state index in [1.807, 2.05) is 36.4 Å². The van der Waals surface area contributed by atoms with Crippen molar-refractivity contribution in [3.63, 3.8) is 0 Å². The number of carbonyl (C=O) groups is 1. The molecule has 0 unspecified atom stereocenters. The van der Waals surface area contributed by atoms with Gasteiger partial charge in [0.25, 0.3) is 5.91 Å². The number of fused-ring (bicyclic) bond motifs is 2. The minimum absolute atomic E-state index is 0.362. The number of amides is 1. The second-order valence-corrected chi connectivity index (χ2v) is 10.3. The van der Waals surface area contributed by atoms with Gasteiger partial charge in [0.05, 0.1) is 12.9 Å². The lowest BCUT2D eigenvalue weighted by atomic mass is 10.0. The Morgan fingerprint density at radius 1 is 0.941 bits per heavy atom. The maximum Gasteiger partial charge on any atom is 0.281 e. The van der Waals surface area contributed by atoms with Crippen molar-refractivity contribution in [3.05, 3.63) is 77.5 Å². The van der Waals surface area contributed by atoms with Crippen LogP contribution in [0.3, 0.4) is 0 Å². The smallest absolute Gasteiger partial charge is 0.281 e. The minimum Gasteiger partial charge on any atom is -0.493 e. The van der Waals surface area contributed by atoms with Gasteiger partial charge in [-0.05, 0) is 47.9 Å². The molecule has 0 aliphatic rings. The van der Waals surface area contributed by atoms with Gasteiger partial charge in [-0.3, -0.25) is 4.79 Å². The van der Waals surface area contributed by atoms with Crippen LogP contribution >= 0.6 is 0 Å². The molecule has 0 aliphatic heterocycles. The fraction of sp³-hybridized carbons (Fsp3) is 0.296. The molecule has 0 aliphatic carbocycles. The molecule has 0 spiro atoms. The van der Waals surface area contributed by atoms with Crippen LogP contribution in [0.5, 0.6) is 5.75 Å². The molecule has 1 amide bonds. The monoisotopic (exact) mass is 478 g/mol. The van der Waals surface area contributed by atoms with Crippen molar-refractivity contribution in [1.82, 2.24) is 9.29 Å². The van der Waals surface area contributed by atoms with E-state index in [0.717, 1.165) is 46.7 Å². The zero-order valence-corrected chi connectivity index (χ0v) is 20.6. The van der Waals surface area contributed by atoms with Crippen molar-refractivity contribution in [2.75, 3.05) is 12.9 Å².